The number of aliphatic carboxylic acids is 1. The Balaban J connectivity index is 1.78. The first-order valence-corrected chi connectivity index (χ1v) is 16.7. The van der Waals surface area contributed by atoms with Gasteiger partial charge in [-0.05, 0) is 0 Å². The van der Waals surface area contributed by atoms with E-state index in [0.717, 1.165) is 6.92 Å². The average molecular weight is 796 g/mol. The highest BCUT2D eigenvalue weighted by Gasteiger charge is 2.61. The zero-order chi connectivity index (χ0) is 40.4. The monoisotopic (exact) mass is 795 g/mol. The van der Waals surface area contributed by atoms with Gasteiger partial charge in [0.1, 0.15) is 91.6 Å². The van der Waals surface area contributed by atoms with Crippen molar-refractivity contribution in [3.05, 3.63) is 0 Å². The summed E-state index contributed by atoms with van der Waals surface area (Å²) >= 11 is 0. The van der Waals surface area contributed by atoms with Crippen LogP contribution in [0.3, 0.4) is 0 Å². The molecule has 0 spiro atoms. The van der Waals surface area contributed by atoms with E-state index in [1.54, 1.807) is 0 Å². The van der Waals surface area contributed by atoms with Crippen LogP contribution in [0.15, 0.2) is 0 Å². The fraction of sp³-hybridized carbons (Fsp3) is 0.931. The van der Waals surface area contributed by atoms with Gasteiger partial charge in [-0.15, -0.1) is 0 Å². The third kappa shape index (κ3) is 9.12. The van der Waals surface area contributed by atoms with E-state index in [0.29, 0.717) is 0 Å². The van der Waals surface area contributed by atoms with E-state index in [2.05, 4.69) is 5.32 Å². The predicted molar refractivity (Wildman–Crippen MR) is 163 cm³/mol. The van der Waals surface area contributed by atoms with Crippen molar-refractivity contribution in [2.24, 2.45) is 0 Å². The molecule has 25 nitrogen and oxygen atoms in total. The average Bonchev–Trinajstić information content (AvgIpc) is 3.13. The van der Waals surface area contributed by atoms with Crippen LogP contribution in [-0.4, -0.2) is 243 Å². The lowest BCUT2D eigenvalue weighted by Crippen LogP contribution is -2.71. The van der Waals surface area contributed by atoms with Crippen molar-refractivity contribution in [1.82, 2.24) is 5.32 Å². The zero-order valence-electron chi connectivity index (χ0n) is 28.5. The Bertz CT molecular complexity index is 1230. The van der Waals surface area contributed by atoms with Crippen LogP contribution in [0.2, 0.25) is 0 Å². The summed E-state index contributed by atoms with van der Waals surface area (Å²) in [6.07, 6.45) is -39.3. The summed E-state index contributed by atoms with van der Waals surface area (Å²) in [6.45, 7) is -3.13. The summed E-state index contributed by atoms with van der Waals surface area (Å²) in [5.74, 6) is -6.09. The van der Waals surface area contributed by atoms with Gasteiger partial charge in [0, 0.05) is 13.3 Å². The lowest BCUT2D eigenvalue weighted by atomic mass is 9.88. The second-order valence-corrected chi connectivity index (χ2v) is 13.3. The van der Waals surface area contributed by atoms with Crippen LogP contribution in [0.4, 0.5) is 0 Å². The summed E-state index contributed by atoms with van der Waals surface area (Å²) in [5, 5.41) is 158. The Hall–Kier alpha value is -1.90. The van der Waals surface area contributed by atoms with E-state index >= 15 is 0 Å². The van der Waals surface area contributed by atoms with Crippen molar-refractivity contribution in [1.29, 1.82) is 0 Å². The van der Waals surface area contributed by atoms with E-state index in [1.807, 2.05) is 0 Å². The molecule has 4 saturated heterocycles. The number of amides is 1. The first-order chi connectivity index (χ1) is 25.4. The molecule has 1 unspecified atom stereocenters. The molecule has 16 N–H and O–H groups in total. The van der Waals surface area contributed by atoms with Crippen molar-refractivity contribution in [2.45, 2.75) is 142 Å². The fourth-order valence-corrected chi connectivity index (χ4v) is 6.65. The van der Waals surface area contributed by atoms with Gasteiger partial charge in [-0.25, -0.2) is 4.79 Å². The van der Waals surface area contributed by atoms with E-state index in [-0.39, 0.29) is 0 Å². The molecule has 0 bridgehead atoms. The number of hydrogen-bond acceptors (Lipinski definition) is 23. The summed E-state index contributed by atoms with van der Waals surface area (Å²) < 4.78 is 38.9. The van der Waals surface area contributed by atoms with Crippen LogP contribution in [0.1, 0.15) is 13.3 Å². The van der Waals surface area contributed by atoms with Gasteiger partial charge in [-0.3, -0.25) is 4.79 Å². The quantitative estimate of drug-likeness (QED) is 0.0776. The molecule has 25 heteroatoms. The highest BCUT2D eigenvalue weighted by molar-refractivity contribution is 5.76. The molecule has 4 fully saturated rings. The van der Waals surface area contributed by atoms with Gasteiger partial charge in [0.15, 0.2) is 18.9 Å². The SMILES string of the molecule is CC(=O)N[C@H]1[C@H]([C@H](O)[C@H](O)CO)O[C@@](O[C@@H]2[C@@H](O)[C@H](O[C@H]3[C@H](O)[C@@H](O)C(O)O[C@@H]3CO)O[C@H](CO)[C@@H]2O[C@@H]2O[C@H](CO)[C@H](O)[C@H](O)[C@H]2O)(C(=O)O)C[C@@H]1O. The number of aliphatic hydroxyl groups excluding tert-OH is 14. The third-order valence-electron chi connectivity index (χ3n) is 9.58. The number of aliphatic hydroxyl groups is 14. The van der Waals surface area contributed by atoms with Gasteiger partial charge in [0.25, 0.3) is 5.79 Å². The molecule has 4 heterocycles. The molecule has 0 aromatic heterocycles. The number of carbonyl (C=O) groups excluding carboxylic acids is 1. The molecule has 0 radical (unpaired) electrons. The summed E-state index contributed by atoms with van der Waals surface area (Å²) in [5.41, 5.74) is 0. The third-order valence-corrected chi connectivity index (χ3v) is 9.58. The number of hydrogen-bond donors (Lipinski definition) is 16. The fourth-order valence-electron chi connectivity index (χ4n) is 6.65. The van der Waals surface area contributed by atoms with Crippen LogP contribution in [0.25, 0.3) is 0 Å². The van der Waals surface area contributed by atoms with E-state index in [9.17, 15) is 86.2 Å². The van der Waals surface area contributed by atoms with Gasteiger partial charge in [-0.1, -0.05) is 0 Å². The second-order valence-electron chi connectivity index (χ2n) is 13.3. The number of rotatable bonds is 14. The van der Waals surface area contributed by atoms with Gasteiger partial charge in [-0.2, -0.15) is 0 Å². The summed E-state index contributed by atoms with van der Waals surface area (Å²) in [6, 6.07) is -1.65. The molecule has 4 rings (SSSR count). The maximum Gasteiger partial charge on any atom is 0.364 e. The minimum absolute atomic E-state index is 0.812. The minimum Gasteiger partial charge on any atom is -0.477 e. The molecule has 1 amide bonds. The Kier molecular flexibility index (Phi) is 15.4. The Labute approximate surface area is 305 Å². The van der Waals surface area contributed by atoms with Gasteiger partial charge >= 0.3 is 5.97 Å². The predicted octanol–water partition coefficient (Wildman–Crippen LogP) is -10.4. The Morgan fingerprint density at radius 1 is 0.722 bits per heavy atom. The number of carbonyl (C=O) groups is 2. The van der Waals surface area contributed by atoms with Crippen molar-refractivity contribution in [2.75, 3.05) is 26.4 Å². The molecule has 54 heavy (non-hydrogen) atoms. The minimum atomic E-state index is -3.21. The lowest BCUT2D eigenvalue weighted by molar-refractivity contribution is -0.403. The van der Waals surface area contributed by atoms with Crippen LogP contribution in [0.5, 0.6) is 0 Å². The van der Waals surface area contributed by atoms with Crippen molar-refractivity contribution in [3.63, 3.8) is 0 Å². The number of ether oxygens (including phenoxy) is 7. The zero-order valence-corrected chi connectivity index (χ0v) is 28.5. The number of carboxylic acid groups (broad SMARTS) is 1. The lowest BCUT2D eigenvalue weighted by Gasteiger charge is -2.52. The molecule has 0 aromatic rings. The van der Waals surface area contributed by atoms with Crippen LogP contribution < -0.4 is 5.32 Å². The Morgan fingerprint density at radius 2 is 1.28 bits per heavy atom. The standard InChI is InChI=1S/C29H49NO24/c1-7(35)30-13-8(36)2-29(28(46)47,53-23(13)14(38)9(37)3-31)54-24-20(44)27(51-21-11(5-33)48-25(45)18(42)17(21)41)50-12(6-34)22(24)52-26-19(43)16(40)15(39)10(4-32)49-26/h8-27,31-34,36-45H,2-6H2,1H3,(H,30,35)(H,46,47)/t8-,9+,10+,11+,12+,13+,14+,15-,16-,17+,18+,19+,20+,21+,22-,23+,24+,25?,26-,27-,29-/m0/s1. The molecular formula is C29H49NO24. The smallest absolute Gasteiger partial charge is 0.364 e. The van der Waals surface area contributed by atoms with Crippen molar-refractivity contribution in [3.8, 4) is 0 Å². The Morgan fingerprint density at radius 3 is 1.83 bits per heavy atom. The highest BCUT2D eigenvalue weighted by atomic mass is 16.8. The summed E-state index contributed by atoms with van der Waals surface area (Å²) in [7, 11) is 0. The van der Waals surface area contributed by atoms with Crippen LogP contribution in [-0.2, 0) is 42.7 Å². The van der Waals surface area contributed by atoms with Crippen LogP contribution >= 0.6 is 0 Å². The van der Waals surface area contributed by atoms with Gasteiger partial charge in [0.2, 0.25) is 5.91 Å². The first kappa shape index (κ1) is 44.8. The normalized spacial score (nSPS) is 47.1. The molecule has 314 valence electrons. The van der Waals surface area contributed by atoms with Gasteiger partial charge in [0.05, 0.1) is 38.6 Å². The highest BCUT2D eigenvalue weighted by Crippen LogP contribution is 2.40. The van der Waals surface area contributed by atoms with E-state index < -0.39 is 173 Å². The maximum absolute atomic E-state index is 13.0. The maximum atomic E-state index is 13.0. The van der Waals surface area contributed by atoms with Crippen LogP contribution in [0, 0.1) is 0 Å². The van der Waals surface area contributed by atoms with Crippen molar-refractivity contribution >= 4 is 11.9 Å². The molecule has 4 aliphatic heterocycles. The van der Waals surface area contributed by atoms with Crippen molar-refractivity contribution < 1.29 is 119 Å². The van der Waals surface area contributed by atoms with E-state index in [1.165, 1.54) is 0 Å². The topological polar surface area (TPSA) is 414 Å². The summed E-state index contributed by atoms with van der Waals surface area (Å²) in [4.78, 5) is 25.0. The molecule has 0 saturated carbocycles. The van der Waals surface area contributed by atoms with E-state index in [4.69, 9.17) is 33.2 Å². The second kappa shape index (κ2) is 18.6. The number of carboxylic acids is 1. The number of nitrogens with one attached hydrogen (secondary N) is 1. The molecular weight excluding hydrogens is 746 g/mol. The molecule has 21 atom stereocenters. The molecule has 0 aliphatic carbocycles. The largest absolute Gasteiger partial charge is 0.477 e. The molecule has 0 aromatic carbocycles. The van der Waals surface area contributed by atoms with Gasteiger partial charge < -0.3 is 115 Å². The molecule has 4 aliphatic rings. The first-order valence-electron chi connectivity index (χ1n) is 16.7.